The van der Waals surface area contributed by atoms with Gasteiger partial charge in [0.1, 0.15) is 5.82 Å². The van der Waals surface area contributed by atoms with Crippen molar-refractivity contribution in [3.8, 4) is 11.3 Å². The van der Waals surface area contributed by atoms with Gasteiger partial charge in [-0.3, -0.25) is 0 Å². The molecule has 3 rings (SSSR count). The fourth-order valence-corrected chi connectivity index (χ4v) is 2.49. The molecule has 0 bridgehead atoms. The maximum atomic E-state index is 13.5. The molecule has 100 valence electrons. The van der Waals surface area contributed by atoms with Crippen molar-refractivity contribution in [3.63, 3.8) is 0 Å². The van der Waals surface area contributed by atoms with Crippen LogP contribution in [0.5, 0.6) is 0 Å². The number of aryl methyl sites for hydroxylation is 1. The number of hydrogen-bond donors (Lipinski definition) is 1. The Hall–Kier alpha value is -2.42. The minimum Gasteiger partial charge on any atom is -0.398 e. The Morgan fingerprint density at radius 3 is 2.45 bits per heavy atom. The molecule has 1 heterocycles. The lowest BCUT2D eigenvalue weighted by molar-refractivity contribution is 0.628. The molecule has 3 heteroatoms. The summed E-state index contributed by atoms with van der Waals surface area (Å²) in [5.74, 6) is -0.282. The van der Waals surface area contributed by atoms with Gasteiger partial charge in [0, 0.05) is 16.6 Å². The number of pyridine rings is 1. The van der Waals surface area contributed by atoms with Gasteiger partial charge in [0.15, 0.2) is 0 Å². The van der Waals surface area contributed by atoms with Crippen molar-refractivity contribution < 1.29 is 4.39 Å². The highest BCUT2D eigenvalue weighted by Gasteiger charge is 2.13. The average Bonchev–Trinajstić information content (AvgIpc) is 2.44. The van der Waals surface area contributed by atoms with E-state index in [1.165, 1.54) is 12.1 Å². The molecular formula is C17H15FN2. The quantitative estimate of drug-likeness (QED) is 0.715. The molecule has 0 fully saturated rings. The first kappa shape index (κ1) is 12.6. The van der Waals surface area contributed by atoms with Crippen molar-refractivity contribution in [2.75, 3.05) is 5.73 Å². The molecular weight excluding hydrogens is 251 g/mol. The molecule has 0 aliphatic carbocycles. The van der Waals surface area contributed by atoms with E-state index in [9.17, 15) is 4.39 Å². The van der Waals surface area contributed by atoms with Crippen LogP contribution in [0.1, 0.15) is 11.1 Å². The second-order valence-corrected chi connectivity index (χ2v) is 4.98. The molecule has 3 aromatic rings. The Morgan fingerprint density at radius 1 is 1.05 bits per heavy atom. The summed E-state index contributed by atoms with van der Waals surface area (Å²) in [7, 11) is 0. The second kappa shape index (κ2) is 4.60. The van der Waals surface area contributed by atoms with E-state index >= 15 is 0 Å². The molecule has 2 nitrogen and oxygen atoms in total. The third kappa shape index (κ3) is 1.92. The van der Waals surface area contributed by atoms with E-state index in [2.05, 4.69) is 0 Å². The first-order valence-corrected chi connectivity index (χ1v) is 6.49. The van der Waals surface area contributed by atoms with Gasteiger partial charge in [0.25, 0.3) is 0 Å². The molecule has 2 aromatic carbocycles. The van der Waals surface area contributed by atoms with Gasteiger partial charge in [-0.2, -0.15) is 0 Å². The first-order valence-electron chi connectivity index (χ1n) is 6.49. The summed E-state index contributed by atoms with van der Waals surface area (Å²) in [6.45, 7) is 3.77. The Balaban J connectivity index is 2.39. The summed E-state index contributed by atoms with van der Waals surface area (Å²) in [5.41, 5.74) is 11.1. The van der Waals surface area contributed by atoms with Gasteiger partial charge in [-0.25, -0.2) is 9.37 Å². The van der Waals surface area contributed by atoms with E-state index in [1.807, 2.05) is 44.2 Å². The lowest BCUT2D eigenvalue weighted by atomic mass is 10.0. The van der Waals surface area contributed by atoms with Crippen molar-refractivity contribution in [2.45, 2.75) is 13.8 Å². The van der Waals surface area contributed by atoms with Crippen LogP contribution in [0.4, 0.5) is 10.1 Å². The van der Waals surface area contributed by atoms with Gasteiger partial charge in [-0.1, -0.05) is 30.3 Å². The maximum absolute atomic E-state index is 13.5. The third-order valence-corrected chi connectivity index (χ3v) is 3.59. The van der Waals surface area contributed by atoms with Crippen LogP contribution in [0.2, 0.25) is 0 Å². The zero-order valence-corrected chi connectivity index (χ0v) is 11.4. The van der Waals surface area contributed by atoms with Gasteiger partial charge < -0.3 is 5.73 Å². The molecule has 20 heavy (non-hydrogen) atoms. The van der Waals surface area contributed by atoms with E-state index in [0.29, 0.717) is 11.1 Å². The zero-order chi connectivity index (χ0) is 14.3. The number of anilines is 1. The Labute approximate surface area is 117 Å². The molecule has 0 atom stereocenters. The summed E-state index contributed by atoms with van der Waals surface area (Å²) >= 11 is 0. The van der Waals surface area contributed by atoms with Gasteiger partial charge in [-0.15, -0.1) is 0 Å². The van der Waals surface area contributed by atoms with E-state index < -0.39 is 0 Å². The van der Waals surface area contributed by atoms with Gasteiger partial charge in [0.05, 0.1) is 11.2 Å². The average molecular weight is 266 g/mol. The summed E-state index contributed by atoms with van der Waals surface area (Å²) in [5, 5.41) is 0.680. The zero-order valence-electron chi connectivity index (χ0n) is 11.4. The van der Waals surface area contributed by atoms with Gasteiger partial charge in [0.2, 0.25) is 0 Å². The monoisotopic (exact) mass is 266 g/mol. The lowest BCUT2D eigenvalue weighted by Gasteiger charge is -2.13. The smallest absolute Gasteiger partial charge is 0.124 e. The van der Waals surface area contributed by atoms with Crippen LogP contribution in [0, 0.1) is 19.7 Å². The van der Waals surface area contributed by atoms with Crippen LogP contribution in [-0.4, -0.2) is 4.98 Å². The first-order chi connectivity index (χ1) is 9.58. The number of aromatic nitrogens is 1. The number of hydrogen-bond acceptors (Lipinski definition) is 2. The molecule has 0 saturated carbocycles. The SMILES string of the molecule is Cc1c(-c2ccccc2)nc2c(C)cc(F)cc2c1N. The molecule has 0 amide bonds. The molecule has 0 radical (unpaired) electrons. The van der Waals surface area contributed by atoms with E-state index in [0.717, 1.165) is 27.9 Å². The van der Waals surface area contributed by atoms with E-state index in [1.54, 1.807) is 0 Å². The summed E-state index contributed by atoms with van der Waals surface area (Å²) in [6.07, 6.45) is 0. The summed E-state index contributed by atoms with van der Waals surface area (Å²) in [6, 6.07) is 12.8. The van der Waals surface area contributed by atoms with E-state index in [-0.39, 0.29) is 5.82 Å². The lowest BCUT2D eigenvalue weighted by Crippen LogP contribution is -2.00. The largest absolute Gasteiger partial charge is 0.398 e. The Morgan fingerprint density at radius 2 is 1.75 bits per heavy atom. The predicted octanol–water partition coefficient (Wildman–Crippen LogP) is 4.24. The topological polar surface area (TPSA) is 38.9 Å². The Bertz CT molecular complexity index is 795. The third-order valence-electron chi connectivity index (χ3n) is 3.59. The number of benzene rings is 2. The standard InChI is InChI=1S/C17H15FN2/c1-10-8-13(18)9-14-15(19)11(2)17(20-16(10)14)12-6-4-3-5-7-12/h3-9H,1-2H3,(H2,19,20). The van der Waals surface area contributed by atoms with Crippen molar-refractivity contribution in [3.05, 3.63) is 59.4 Å². The fraction of sp³-hybridized carbons (Fsp3) is 0.118. The highest BCUT2D eigenvalue weighted by atomic mass is 19.1. The van der Waals surface area contributed by atoms with Crippen molar-refractivity contribution in [1.82, 2.24) is 4.98 Å². The maximum Gasteiger partial charge on any atom is 0.124 e. The minimum absolute atomic E-state index is 0.282. The Kier molecular flexibility index (Phi) is 2.90. The normalized spacial score (nSPS) is 10.9. The molecule has 0 spiro atoms. The molecule has 0 aliphatic heterocycles. The molecule has 0 saturated heterocycles. The minimum atomic E-state index is -0.282. The number of nitrogen functional groups attached to an aromatic ring is 1. The van der Waals surface area contributed by atoms with Crippen molar-refractivity contribution in [1.29, 1.82) is 0 Å². The summed E-state index contributed by atoms with van der Waals surface area (Å²) in [4.78, 5) is 4.70. The molecule has 0 aliphatic rings. The van der Waals surface area contributed by atoms with Crippen LogP contribution in [-0.2, 0) is 0 Å². The fourth-order valence-electron chi connectivity index (χ4n) is 2.49. The van der Waals surface area contributed by atoms with Crippen LogP contribution >= 0.6 is 0 Å². The van der Waals surface area contributed by atoms with Crippen LogP contribution in [0.3, 0.4) is 0 Å². The second-order valence-electron chi connectivity index (χ2n) is 4.98. The summed E-state index contributed by atoms with van der Waals surface area (Å²) < 4.78 is 13.5. The van der Waals surface area contributed by atoms with Crippen molar-refractivity contribution in [2.24, 2.45) is 0 Å². The van der Waals surface area contributed by atoms with Crippen LogP contribution in [0.15, 0.2) is 42.5 Å². The predicted molar refractivity (Wildman–Crippen MR) is 81.0 cm³/mol. The number of halogens is 1. The van der Waals surface area contributed by atoms with Crippen LogP contribution in [0.25, 0.3) is 22.2 Å². The number of nitrogens with zero attached hydrogens (tertiary/aromatic N) is 1. The molecule has 2 N–H and O–H groups in total. The molecule has 1 aromatic heterocycles. The van der Waals surface area contributed by atoms with Crippen molar-refractivity contribution >= 4 is 16.6 Å². The molecule has 0 unspecified atom stereocenters. The highest BCUT2D eigenvalue weighted by Crippen LogP contribution is 2.32. The number of nitrogens with two attached hydrogens (primary N) is 1. The number of fused-ring (bicyclic) bond motifs is 1. The van der Waals surface area contributed by atoms with Gasteiger partial charge in [-0.05, 0) is 37.1 Å². The van der Waals surface area contributed by atoms with Crippen LogP contribution < -0.4 is 5.73 Å². The van der Waals surface area contributed by atoms with E-state index in [4.69, 9.17) is 10.7 Å². The van der Waals surface area contributed by atoms with Gasteiger partial charge >= 0.3 is 0 Å². The number of rotatable bonds is 1. The highest BCUT2D eigenvalue weighted by molar-refractivity contribution is 5.96.